The van der Waals surface area contributed by atoms with Crippen LogP contribution in [0.5, 0.6) is 5.75 Å². The first kappa shape index (κ1) is 14.3. The Bertz CT molecular complexity index is 593. The van der Waals surface area contributed by atoms with Crippen molar-refractivity contribution in [3.05, 3.63) is 35.4 Å². The lowest BCUT2D eigenvalue weighted by molar-refractivity contribution is 0.279. The summed E-state index contributed by atoms with van der Waals surface area (Å²) in [7, 11) is 0. The van der Waals surface area contributed by atoms with Crippen molar-refractivity contribution in [2.45, 2.75) is 40.0 Å². The number of aromatic nitrogens is 3. The molecular weight excluding hydrogens is 256 g/mol. The molecule has 0 aliphatic rings. The number of pyridine rings is 1. The maximum atomic E-state index is 10.0. The van der Waals surface area contributed by atoms with Crippen molar-refractivity contribution < 1.29 is 10.2 Å². The van der Waals surface area contributed by atoms with Crippen molar-refractivity contribution in [3.63, 3.8) is 0 Å². The van der Waals surface area contributed by atoms with Crippen molar-refractivity contribution >= 4 is 5.69 Å². The largest absolute Gasteiger partial charge is 0.506 e. The number of aryl methyl sites for hydroxylation is 1. The molecule has 108 valence electrons. The van der Waals surface area contributed by atoms with E-state index in [1.54, 1.807) is 19.3 Å². The summed E-state index contributed by atoms with van der Waals surface area (Å²) in [5.41, 5.74) is 2.71. The van der Waals surface area contributed by atoms with Gasteiger partial charge in [0.1, 0.15) is 5.75 Å². The lowest BCUT2D eigenvalue weighted by Gasteiger charge is -2.12. The minimum Gasteiger partial charge on any atom is -0.506 e. The number of hydrogen-bond donors (Lipinski definition) is 3. The Balaban J connectivity index is 2.15. The zero-order chi connectivity index (χ0) is 14.7. The molecule has 0 fully saturated rings. The Morgan fingerprint density at radius 1 is 1.35 bits per heavy atom. The molecule has 3 N–H and O–H groups in total. The van der Waals surface area contributed by atoms with E-state index in [0.717, 1.165) is 5.69 Å². The van der Waals surface area contributed by atoms with E-state index in [1.807, 2.05) is 10.9 Å². The third-order valence-corrected chi connectivity index (χ3v) is 3.20. The third kappa shape index (κ3) is 2.91. The summed E-state index contributed by atoms with van der Waals surface area (Å²) >= 11 is 0. The summed E-state index contributed by atoms with van der Waals surface area (Å²) in [6.07, 6.45) is 5.24. The molecule has 2 rings (SSSR count). The second-order valence-corrected chi connectivity index (χ2v) is 5.01. The number of anilines is 1. The average molecular weight is 276 g/mol. The van der Waals surface area contributed by atoms with E-state index in [9.17, 15) is 10.2 Å². The van der Waals surface area contributed by atoms with Gasteiger partial charge >= 0.3 is 0 Å². The van der Waals surface area contributed by atoms with Gasteiger partial charge in [-0.05, 0) is 20.8 Å². The van der Waals surface area contributed by atoms with Gasteiger partial charge in [0.25, 0.3) is 0 Å². The van der Waals surface area contributed by atoms with Crippen molar-refractivity contribution in [3.8, 4) is 5.75 Å². The molecule has 0 saturated heterocycles. The summed E-state index contributed by atoms with van der Waals surface area (Å²) in [6.45, 7) is 6.10. The van der Waals surface area contributed by atoms with E-state index in [1.165, 1.54) is 0 Å². The molecule has 0 radical (unpaired) electrons. The molecule has 0 atom stereocenters. The normalized spacial score (nSPS) is 11.1. The predicted octanol–water partition coefficient (Wildman–Crippen LogP) is 1.98. The van der Waals surface area contributed by atoms with Gasteiger partial charge < -0.3 is 15.5 Å². The molecule has 0 aliphatic carbocycles. The van der Waals surface area contributed by atoms with Crippen molar-refractivity contribution in [2.75, 3.05) is 5.32 Å². The second-order valence-electron chi connectivity index (χ2n) is 5.01. The smallest absolute Gasteiger partial charge is 0.142 e. The van der Waals surface area contributed by atoms with Crippen molar-refractivity contribution in [1.29, 1.82) is 0 Å². The summed E-state index contributed by atoms with van der Waals surface area (Å²) in [4.78, 5) is 4.04. The standard InChI is InChI=1S/C14H20N4O2/c1-9(2)18-7-12(5-17-18)16-6-13-11(8-19)4-15-10(3)14(13)20/h4-5,7,9,16,19-20H,6,8H2,1-3H3. The number of nitrogens with zero attached hydrogens (tertiary/aromatic N) is 3. The fourth-order valence-electron chi connectivity index (χ4n) is 1.92. The Morgan fingerprint density at radius 3 is 2.70 bits per heavy atom. The summed E-state index contributed by atoms with van der Waals surface area (Å²) in [5.74, 6) is 0.125. The van der Waals surface area contributed by atoms with Crippen LogP contribution in [0.4, 0.5) is 5.69 Å². The molecule has 0 spiro atoms. The van der Waals surface area contributed by atoms with Gasteiger partial charge in [0.2, 0.25) is 0 Å². The molecule has 0 aliphatic heterocycles. The van der Waals surface area contributed by atoms with E-state index < -0.39 is 0 Å². The van der Waals surface area contributed by atoms with Gasteiger partial charge in [-0.2, -0.15) is 5.10 Å². The van der Waals surface area contributed by atoms with Gasteiger partial charge in [-0.3, -0.25) is 9.67 Å². The fourth-order valence-corrected chi connectivity index (χ4v) is 1.92. The first-order chi connectivity index (χ1) is 9.52. The van der Waals surface area contributed by atoms with Gasteiger partial charge in [0.05, 0.1) is 24.2 Å². The van der Waals surface area contributed by atoms with Crippen LogP contribution >= 0.6 is 0 Å². The van der Waals surface area contributed by atoms with Crippen LogP contribution in [0.25, 0.3) is 0 Å². The van der Waals surface area contributed by atoms with Crippen LogP contribution in [0.2, 0.25) is 0 Å². The van der Waals surface area contributed by atoms with E-state index in [2.05, 4.69) is 29.2 Å². The number of aromatic hydroxyl groups is 1. The summed E-state index contributed by atoms with van der Waals surface area (Å²) < 4.78 is 1.85. The van der Waals surface area contributed by atoms with E-state index in [4.69, 9.17) is 0 Å². The van der Waals surface area contributed by atoms with Crippen LogP contribution in [0.15, 0.2) is 18.6 Å². The highest BCUT2D eigenvalue weighted by atomic mass is 16.3. The van der Waals surface area contributed by atoms with Crippen LogP contribution in [-0.4, -0.2) is 25.0 Å². The van der Waals surface area contributed by atoms with Crippen molar-refractivity contribution in [1.82, 2.24) is 14.8 Å². The SMILES string of the molecule is Cc1ncc(CO)c(CNc2cnn(C(C)C)c2)c1O. The van der Waals surface area contributed by atoms with Crippen LogP contribution in [0.3, 0.4) is 0 Å². The highest BCUT2D eigenvalue weighted by molar-refractivity contribution is 5.45. The Kier molecular flexibility index (Phi) is 4.24. The molecule has 20 heavy (non-hydrogen) atoms. The maximum Gasteiger partial charge on any atom is 0.142 e. The number of aliphatic hydroxyl groups excluding tert-OH is 1. The molecule has 0 saturated carbocycles. The Morgan fingerprint density at radius 2 is 2.10 bits per heavy atom. The number of aliphatic hydroxyl groups is 1. The van der Waals surface area contributed by atoms with Crippen LogP contribution < -0.4 is 5.32 Å². The van der Waals surface area contributed by atoms with Gasteiger partial charge in [-0.25, -0.2) is 0 Å². The lowest BCUT2D eigenvalue weighted by atomic mass is 10.1. The van der Waals surface area contributed by atoms with Gasteiger partial charge in [-0.15, -0.1) is 0 Å². The van der Waals surface area contributed by atoms with E-state index in [-0.39, 0.29) is 12.4 Å². The lowest BCUT2D eigenvalue weighted by Crippen LogP contribution is -2.05. The van der Waals surface area contributed by atoms with Crippen molar-refractivity contribution in [2.24, 2.45) is 0 Å². The first-order valence-electron chi connectivity index (χ1n) is 6.58. The topological polar surface area (TPSA) is 83.2 Å². The molecule has 0 amide bonds. The van der Waals surface area contributed by atoms with E-state index >= 15 is 0 Å². The highest BCUT2D eigenvalue weighted by Crippen LogP contribution is 2.25. The minimum absolute atomic E-state index is 0.125. The molecule has 2 aromatic rings. The molecule has 2 aromatic heterocycles. The first-order valence-corrected chi connectivity index (χ1v) is 6.58. The Hall–Kier alpha value is -2.08. The van der Waals surface area contributed by atoms with Gasteiger partial charge in [-0.1, -0.05) is 0 Å². The molecule has 2 heterocycles. The minimum atomic E-state index is -0.150. The molecule has 0 unspecified atom stereocenters. The maximum absolute atomic E-state index is 10.0. The molecule has 6 nitrogen and oxygen atoms in total. The highest BCUT2D eigenvalue weighted by Gasteiger charge is 2.11. The monoisotopic (exact) mass is 276 g/mol. The third-order valence-electron chi connectivity index (χ3n) is 3.20. The van der Waals surface area contributed by atoms with Crippen LogP contribution in [0.1, 0.15) is 36.7 Å². The zero-order valence-electron chi connectivity index (χ0n) is 12.0. The fraction of sp³-hybridized carbons (Fsp3) is 0.429. The zero-order valence-corrected chi connectivity index (χ0v) is 12.0. The number of rotatable bonds is 5. The summed E-state index contributed by atoms with van der Waals surface area (Å²) in [5, 5.41) is 26.8. The number of hydrogen-bond acceptors (Lipinski definition) is 5. The summed E-state index contributed by atoms with van der Waals surface area (Å²) in [6, 6.07) is 0.301. The Labute approximate surface area is 118 Å². The molecule has 0 aromatic carbocycles. The quantitative estimate of drug-likeness (QED) is 0.777. The van der Waals surface area contributed by atoms with Crippen LogP contribution in [0, 0.1) is 6.92 Å². The van der Waals surface area contributed by atoms with Gasteiger partial charge in [0, 0.05) is 36.1 Å². The van der Waals surface area contributed by atoms with E-state index in [0.29, 0.717) is 29.4 Å². The molecule has 0 bridgehead atoms. The van der Waals surface area contributed by atoms with Gasteiger partial charge in [0.15, 0.2) is 0 Å². The molecular formula is C14H20N4O2. The number of nitrogens with one attached hydrogen (secondary N) is 1. The predicted molar refractivity (Wildman–Crippen MR) is 76.5 cm³/mol. The van der Waals surface area contributed by atoms with Crippen LogP contribution in [-0.2, 0) is 13.2 Å². The second kappa shape index (κ2) is 5.92. The molecule has 6 heteroatoms. The average Bonchev–Trinajstić information content (AvgIpc) is 2.89.